The Balaban J connectivity index is 1.38. The molecule has 3 heterocycles. The second-order valence-electron chi connectivity index (χ2n) is 8.10. The van der Waals surface area contributed by atoms with Crippen molar-refractivity contribution in [1.82, 2.24) is 20.1 Å². The molecular weight excluding hydrogens is 406 g/mol. The molecule has 1 amide bonds. The molecule has 1 aliphatic heterocycles. The van der Waals surface area contributed by atoms with Gasteiger partial charge in [-0.05, 0) is 50.5 Å². The lowest BCUT2D eigenvalue weighted by atomic mass is 9.95. The number of benzene rings is 1. The number of carbonyl (C=O) groups is 1. The molecule has 1 saturated heterocycles. The van der Waals surface area contributed by atoms with E-state index in [9.17, 15) is 4.79 Å². The van der Waals surface area contributed by atoms with E-state index in [2.05, 4.69) is 27.2 Å². The van der Waals surface area contributed by atoms with E-state index >= 15 is 0 Å². The van der Waals surface area contributed by atoms with Crippen LogP contribution in [0.25, 0.3) is 10.9 Å². The summed E-state index contributed by atoms with van der Waals surface area (Å²) in [6.45, 7) is 7.00. The van der Waals surface area contributed by atoms with Crippen molar-refractivity contribution in [2.24, 2.45) is 5.92 Å². The number of ether oxygens (including phenoxy) is 2. The third kappa shape index (κ3) is 4.22. The third-order valence-corrected chi connectivity index (χ3v) is 6.20. The molecule has 170 valence electrons. The van der Waals surface area contributed by atoms with Gasteiger partial charge in [-0.2, -0.15) is 5.10 Å². The van der Waals surface area contributed by atoms with Crippen molar-refractivity contribution >= 4 is 22.6 Å². The second kappa shape index (κ2) is 9.46. The Morgan fingerprint density at radius 2 is 1.91 bits per heavy atom. The van der Waals surface area contributed by atoms with E-state index in [-0.39, 0.29) is 11.8 Å². The highest BCUT2D eigenvalue weighted by Crippen LogP contribution is 2.30. The molecule has 32 heavy (non-hydrogen) atoms. The summed E-state index contributed by atoms with van der Waals surface area (Å²) in [4.78, 5) is 19.7. The van der Waals surface area contributed by atoms with Gasteiger partial charge in [-0.1, -0.05) is 6.07 Å². The summed E-state index contributed by atoms with van der Waals surface area (Å²) in [5.74, 6) is 2.41. The molecule has 1 aliphatic rings. The summed E-state index contributed by atoms with van der Waals surface area (Å²) in [5, 5.41) is 8.88. The van der Waals surface area contributed by atoms with Crippen molar-refractivity contribution in [3.8, 4) is 11.5 Å². The van der Waals surface area contributed by atoms with Crippen molar-refractivity contribution in [2.75, 3.05) is 32.2 Å². The van der Waals surface area contributed by atoms with E-state index in [4.69, 9.17) is 9.47 Å². The molecule has 4 rings (SSSR count). The predicted molar refractivity (Wildman–Crippen MR) is 124 cm³/mol. The smallest absolute Gasteiger partial charge is 0.223 e. The second-order valence-corrected chi connectivity index (χ2v) is 8.10. The maximum atomic E-state index is 12.8. The van der Waals surface area contributed by atoms with Gasteiger partial charge in [0.25, 0.3) is 0 Å². The quantitative estimate of drug-likeness (QED) is 0.611. The summed E-state index contributed by atoms with van der Waals surface area (Å²) in [5.41, 5.74) is 3.09. The highest BCUT2D eigenvalue weighted by atomic mass is 16.5. The Morgan fingerprint density at radius 1 is 1.16 bits per heavy atom. The van der Waals surface area contributed by atoms with Gasteiger partial charge in [-0.3, -0.25) is 9.48 Å². The fourth-order valence-corrected chi connectivity index (χ4v) is 4.41. The maximum absolute atomic E-state index is 12.8. The SMILES string of the molecule is CCn1nc(C)c2ccnc(N3CCC(C(=O)NCc4ccc(OC)c(OC)c4)CC3)c21. The molecule has 0 saturated carbocycles. The van der Waals surface area contributed by atoms with E-state index in [1.807, 2.05) is 42.1 Å². The topological polar surface area (TPSA) is 81.5 Å². The average molecular weight is 438 g/mol. The summed E-state index contributed by atoms with van der Waals surface area (Å²) in [7, 11) is 3.22. The van der Waals surface area contributed by atoms with Crippen molar-refractivity contribution in [3.63, 3.8) is 0 Å². The number of hydrogen-bond acceptors (Lipinski definition) is 6. The van der Waals surface area contributed by atoms with Crippen LogP contribution in [-0.2, 0) is 17.9 Å². The van der Waals surface area contributed by atoms with Crippen LogP contribution in [0, 0.1) is 12.8 Å². The van der Waals surface area contributed by atoms with Crippen LogP contribution < -0.4 is 19.7 Å². The third-order valence-electron chi connectivity index (χ3n) is 6.20. The average Bonchev–Trinajstić information content (AvgIpc) is 3.18. The molecule has 0 atom stereocenters. The minimum absolute atomic E-state index is 0.00317. The molecule has 0 spiro atoms. The maximum Gasteiger partial charge on any atom is 0.223 e. The Hall–Kier alpha value is -3.29. The fraction of sp³-hybridized carbons (Fsp3) is 0.458. The molecule has 1 aromatic carbocycles. The Kier molecular flexibility index (Phi) is 6.48. The number of methoxy groups -OCH3 is 2. The highest BCUT2D eigenvalue weighted by molar-refractivity contribution is 5.91. The first-order valence-corrected chi connectivity index (χ1v) is 11.1. The van der Waals surface area contributed by atoms with Crippen molar-refractivity contribution in [1.29, 1.82) is 0 Å². The van der Waals surface area contributed by atoms with Gasteiger partial charge in [0.05, 0.1) is 19.9 Å². The zero-order valence-corrected chi connectivity index (χ0v) is 19.2. The first-order chi connectivity index (χ1) is 15.5. The zero-order chi connectivity index (χ0) is 22.7. The van der Waals surface area contributed by atoms with E-state index in [1.165, 1.54) is 0 Å². The van der Waals surface area contributed by atoms with Crippen LogP contribution in [0.1, 0.15) is 31.0 Å². The lowest BCUT2D eigenvalue weighted by Crippen LogP contribution is -2.40. The molecule has 1 N–H and O–H groups in total. The van der Waals surface area contributed by atoms with Gasteiger partial charge in [0.15, 0.2) is 17.3 Å². The summed E-state index contributed by atoms with van der Waals surface area (Å²) >= 11 is 0. The summed E-state index contributed by atoms with van der Waals surface area (Å²) in [6.07, 6.45) is 3.46. The van der Waals surface area contributed by atoms with Gasteiger partial charge in [0.1, 0.15) is 5.52 Å². The van der Waals surface area contributed by atoms with E-state index in [0.29, 0.717) is 18.0 Å². The number of hydrogen-bond donors (Lipinski definition) is 1. The molecule has 0 aliphatic carbocycles. The lowest BCUT2D eigenvalue weighted by molar-refractivity contribution is -0.125. The summed E-state index contributed by atoms with van der Waals surface area (Å²) < 4.78 is 12.6. The predicted octanol–water partition coefficient (Wildman–Crippen LogP) is 3.31. The van der Waals surface area contributed by atoms with Gasteiger partial charge in [-0.15, -0.1) is 0 Å². The summed E-state index contributed by atoms with van der Waals surface area (Å²) in [6, 6.07) is 7.72. The number of aromatic nitrogens is 3. The number of piperidine rings is 1. The number of nitrogens with one attached hydrogen (secondary N) is 1. The van der Waals surface area contributed by atoms with Gasteiger partial charge in [0, 0.05) is 43.7 Å². The molecule has 0 bridgehead atoms. The van der Waals surface area contributed by atoms with Crippen LogP contribution in [0.3, 0.4) is 0 Å². The molecule has 3 aromatic rings. The van der Waals surface area contributed by atoms with E-state index in [1.54, 1.807) is 14.2 Å². The number of carbonyl (C=O) groups excluding carboxylic acids is 1. The first-order valence-electron chi connectivity index (χ1n) is 11.1. The Morgan fingerprint density at radius 3 is 2.59 bits per heavy atom. The van der Waals surface area contributed by atoms with Gasteiger partial charge in [-0.25, -0.2) is 4.98 Å². The van der Waals surface area contributed by atoms with Crippen LogP contribution in [0.15, 0.2) is 30.5 Å². The van der Waals surface area contributed by atoms with Gasteiger partial charge < -0.3 is 19.7 Å². The largest absolute Gasteiger partial charge is 0.493 e. The number of nitrogens with zero attached hydrogens (tertiary/aromatic N) is 4. The standard InChI is InChI=1S/C24H31N5O3/c1-5-29-22-19(16(2)27-29)8-11-25-23(22)28-12-9-18(10-13-28)24(30)26-15-17-6-7-20(31-3)21(14-17)32-4/h6-8,11,14,18H,5,9-10,12-13,15H2,1-4H3,(H,26,30). The molecular formula is C24H31N5O3. The minimum atomic E-state index is 0.00317. The van der Waals surface area contributed by atoms with Crippen molar-refractivity contribution in [2.45, 2.75) is 39.8 Å². The number of pyridine rings is 1. The normalized spacial score (nSPS) is 14.6. The van der Waals surface area contributed by atoms with Gasteiger partial charge >= 0.3 is 0 Å². The van der Waals surface area contributed by atoms with Crippen molar-refractivity contribution in [3.05, 3.63) is 41.7 Å². The Labute approximate surface area is 188 Å². The molecule has 8 heteroatoms. The number of fused-ring (bicyclic) bond motifs is 1. The molecule has 0 unspecified atom stereocenters. The lowest BCUT2D eigenvalue weighted by Gasteiger charge is -2.32. The van der Waals surface area contributed by atoms with Crippen LogP contribution in [0.2, 0.25) is 0 Å². The first kappa shape index (κ1) is 21.9. The minimum Gasteiger partial charge on any atom is -0.493 e. The van der Waals surface area contributed by atoms with E-state index in [0.717, 1.165) is 60.5 Å². The van der Waals surface area contributed by atoms with Crippen LogP contribution in [-0.4, -0.2) is 48.0 Å². The fourth-order valence-electron chi connectivity index (χ4n) is 4.41. The molecule has 8 nitrogen and oxygen atoms in total. The van der Waals surface area contributed by atoms with Crippen LogP contribution >= 0.6 is 0 Å². The number of rotatable bonds is 7. The molecule has 2 aromatic heterocycles. The zero-order valence-electron chi connectivity index (χ0n) is 19.2. The highest BCUT2D eigenvalue weighted by Gasteiger charge is 2.27. The van der Waals surface area contributed by atoms with Crippen LogP contribution in [0.5, 0.6) is 11.5 Å². The number of amides is 1. The number of anilines is 1. The van der Waals surface area contributed by atoms with Crippen molar-refractivity contribution < 1.29 is 14.3 Å². The molecule has 1 fully saturated rings. The monoisotopic (exact) mass is 437 g/mol. The van der Waals surface area contributed by atoms with Crippen LogP contribution in [0.4, 0.5) is 5.82 Å². The van der Waals surface area contributed by atoms with E-state index < -0.39 is 0 Å². The Bertz CT molecular complexity index is 1100. The van der Waals surface area contributed by atoms with Gasteiger partial charge in [0.2, 0.25) is 5.91 Å². The number of aryl methyl sites for hydroxylation is 2. The molecule has 0 radical (unpaired) electrons.